The Morgan fingerprint density at radius 3 is 3.09 bits per heavy atom. The minimum absolute atomic E-state index is 0.264. The van der Waals surface area contributed by atoms with Crippen LogP contribution in [0.4, 0.5) is 0 Å². The maximum Gasteiger partial charge on any atom is 0.227 e. The van der Waals surface area contributed by atoms with Gasteiger partial charge in [-0.2, -0.15) is 11.3 Å². The molecule has 3 nitrogen and oxygen atoms in total. The minimum atomic E-state index is 0.264. The number of thiophene rings is 1. The standard InChI is InChI=1S/C18H22N2OS/c1-14-4-2-6-17(19-14)10-15-5-3-8-20(12-15)18(21)11-16-7-9-22-13-16/h2,4,6-7,9,13,15H,3,5,8,10-12H2,1H3/t15-/m1/s1. The Labute approximate surface area is 136 Å². The Hall–Kier alpha value is -1.68. The predicted molar refractivity (Wildman–Crippen MR) is 90.0 cm³/mol. The number of rotatable bonds is 4. The molecule has 2 aromatic heterocycles. The van der Waals surface area contributed by atoms with E-state index in [9.17, 15) is 4.79 Å². The van der Waals surface area contributed by atoms with Gasteiger partial charge in [-0.15, -0.1) is 0 Å². The Morgan fingerprint density at radius 2 is 2.32 bits per heavy atom. The van der Waals surface area contributed by atoms with Crippen LogP contribution in [0.3, 0.4) is 0 Å². The minimum Gasteiger partial charge on any atom is -0.342 e. The van der Waals surface area contributed by atoms with Crippen molar-refractivity contribution in [2.24, 2.45) is 5.92 Å². The largest absolute Gasteiger partial charge is 0.342 e. The van der Waals surface area contributed by atoms with E-state index in [1.54, 1.807) is 11.3 Å². The van der Waals surface area contributed by atoms with E-state index in [1.807, 2.05) is 29.3 Å². The van der Waals surface area contributed by atoms with E-state index in [1.165, 1.54) is 6.42 Å². The Balaban J connectivity index is 1.58. The summed E-state index contributed by atoms with van der Waals surface area (Å²) in [5, 5.41) is 4.10. The number of aromatic nitrogens is 1. The molecule has 0 unspecified atom stereocenters. The van der Waals surface area contributed by atoms with Gasteiger partial charge in [0.25, 0.3) is 0 Å². The van der Waals surface area contributed by atoms with Crippen LogP contribution in [-0.2, 0) is 17.6 Å². The molecule has 0 bridgehead atoms. The lowest BCUT2D eigenvalue weighted by Gasteiger charge is -2.32. The van der Waals surface area contributed by atoms with Crippen LogP contribution in [0.2, 0.25) is 0 Å². The normalized spacial score (nSPS) is 18.4. The molecule has 0 spiro atoms. The molecule has 1 aliphatic rings. The van der Waals surface area contributed by atoms with Crippen LogP contribution in [0.1, 0.15) is 29.8 Å². The second-order valence-corrected chi connectivity index (χ2v) is 6.91. The quantitative estimate of drug-likeness (QED) is 0.865. The zero-order chi connectivity index (χ0) is 15.4. The summed E-state index contributed by atoms with van der Waals surface area (Å²) in [6.07, 6.45) is 3.81. The first-order valence-electron chi connectivity index (χ1n) is 7.92. The molecule has 1 atom stereocenters. The summed E-state index contributed by atoms with van der Waals surface area (Å²) < 4.78 is 0. The highest BCUT2D eigenvalue weighted by atomic mass is 32.1. The Morgan fingerprint density at radius 1 is 1.41 bits per heavy atom. The molecule has 0 N–H and O–H groups in total. The van der Waals surface area contributed by atoms with E-state index < -0.39 is 0 Å². The van der Waals surface area contributed by atoms with Crippen LogP contribution < -0.4 is 0 Å². The number of aryl methyl sites for hydroxylation is 1. The van der Waals surface area contributed by atoms with Gasteiger partial charge in [-0.1, -0.05) is 6.07 Å². The molecule has 1 saturated heterocycles. The van der Waals surface area contributed by atoms with E-state index in [0.29, 0.717) is 12.3 Å². The van der Waals surface area contributed by atoms with Crippen molar-refractivity contribution in [2.45, 2.75) is 32.6 Å². The lowest BCUT2D eigenvalue weighted by atomic mass is 9.92. The molecule has 22 heavy (non-hydrogen) atoms. The molecule has 4 heteroatoms. The first kappa shape index (κ1) is 15.2. The molecule has 1 amide bonds. The third kappa shape index (κ3) is 3.95. The summed E-state index contributed by atoms with van der Waals surface area (Å²) in [5.41, 5.74) is 3.35. The number of hydrogen-bond donors (Lipinski definition) is 0. The number of amides is 1. The Bertz CT molecular complexity index is 624. The number of piperidine rings is 1. The number of hydrogen-bond acceptors (Lipinski definition) is 3. The molecule has 0 aliphatic carbocycles. The molecule has 0 saturated carbocycles. The zero-order valence-corrected chi connectivity index (χ0v) is 13.8. The van der Waals surface area contributed by atoms with Crippen molar-refractivity contribution in [2.75, 3.05) is 13.1 Å². The summed E-state index contributed by atoms with van der Waals surface area (Å²) in [4.78, 5) is 19.1. The molecule has 1 aliphatic heterocycles. The summed E-state index contributed by atoms with van der Waals surface area (Å²) in [6.45, 7) is 3.81. The molecule has 3 heterocycles. The van der Waals surface area contributed by atoms with Crippen LogP contribution in [0.25, 0.3) is 0 Å². The second-order valence-electron chi connectivity index (χ2n) is 6.13. The van der Waals surface area contributed by atoms with E-state index in [0.717, 1.165) is 42.9 Å². The van der Waals surface area contributed by atoms with Crippen molar-refractivity contribution >= 4 is 17.2 Å². The monoisotopic (exact) mass is 314 g/mol. The third-order valence-electron chi connectivity index (χ3n) is 4.25. The summed E-state index contributed by atoms with van der Waals surface area (Å²) >= 11 is 1.65. The van der Waals surface area contributed by atoms with E-state index in [-0.39, 0.29) is 5.91 Å². The van der Waals surface area contributed by atoms with E-state index in [4.69, 9.17) is 0 Å². The first-order valence-corrected chi connectivity index (χ1v) is 8.86. The van der Waals surface area contributed by atoms with Gasteiger partial charge in [0, 0.05) is 24.5 Å². The molecular formula is C18H22N2OS. The summed E-state index contributed by atoms with van der Waals surface area (Å²) in [6, 6.07) is 8.24. The van der Waals surface area contributed by atoms with Crippen LogP contribution >= 0.6 is 11.3 Å². The molecule has 0 radical (unpaired) electrons. The number of carbonyl (C=O) groups is 1. The molecular weight excluding hydrogens is 292 g/mol. The number of nitrogens with zero attached hydrogens (tertiary/aromatic N) is 2. The maximum absolute atomic E-state index is 12.4. The van der Waals surface area contributed by atoms with Crippen molar-refractivity contribution in [3.63, 3.8) is 0 Å². The fraction of sp³-hybridized carbons (Fsp3) is 0.444. The molecule has 2 aromatic rings. The number of likely N-dealkylation sites (tertiary alicyclic amines) is 1. The van der Waals surface area contributed by atoms with Gasteiger partial charge in [-0.3, -0.25) is 9.78 Å². The third-order valence-corrected chi connectivity index (χ3v) is 4.98. The zero-order valence-electron chi connectivity index (χ0n) is 13.0. The van der Waals surface area contributed by atoms with E-state index in [2.05, 4.69) is 22.5 Å². The van der Waals surface area contributed by atoms with Crippen LogP contribution in [0.15, 0.2) is 35.0 Å². The Kier molecular flexibility index (Phi) is 4.88. The van der Waals surface area contributed by atoms with Crippen molar-refractivity contribution in [1.82, 2.24) is 9.88 Å². The SMILES string of the molecule is Cc1cccc(C[C@H]2CCCN(C(=O)Cc3ccsc3)C2)n1. The molecule has 3 rings (SSSR count). The van der Waals surface area contributed by atoms with Crippen LogP contribution in [-0.4, -0.2) is 28.9 Å². The van der Waals surface area contributed by atoms with Gasteiger partial charge in [0.15, 0.2) is 0 Å². The molecule has 0 aromatic carbocycles. The van der Waals surface area contributed by atoms with Crippen molar-refractivity contribution in [1.29, 1.82) is 0 Å². The van der Waals surface area contributed by atoms with Gasteiger partial charge >= 0.3 is 0 Å². The topological polar surface area (TPSA) is 33.2 Å². The fourth-order valence-electron chi connectivity index (χ4n) is 3.15. The lowest BCUT2D eigenvalue weighted by Crippen LogP contribution is -2.41. The second kappa shape index (κ2) is 7.05. The van der Waals surface area contributed by atoms with Gasteiger partial charge in [-0.05, 0) is 66.6 Å². The maximum atomic E-state index is 12.4. The van der Waals surface area contributed by atoms with E-state index >= 15 is 0 Å². The fourth-order valence-corrected chi connectivity index (χ4v) is 3.82. The van der Waals surface area contributed by atoms with Crippen LogP contribution in [0, 0.1) is 12.8 Å². The van der Waals surface area contributed by atoms with Gasteiger partial charge in [0.1, 0.15) is 0 Å². The summed E-state index contributed by atoms with van der Waals surface area (Å²) in [7, 11) is 0. The van der Waals surface area contributed by atoms with Crippen LogP contribution in [0.5, 0.6) is 0 Å². The average molecular weight is 314 g/mol. The average Bonchev–Trinajstić information content (AvgIpc) is 3.00. The summed E-state index contributed by atoms with van der Waals surface area (Å²) in [5.74, 6) is 0.801. The first-order chi connectivity index (χ1) is 10.7. The lowest BCUT2D eigenvalue weighted by molar-refractivity contribution is -0.132. The van der Waals surface area contributed by atoms with Gasteiger partial charge < -0.3 is 4.90 Å². The number of carbonyl (C=O) groups excluding carboxylic acids is 1. The molecule has 116 valence electrons. The smallest absolute Gasteiger partial charge is 0.227 e. The van der Waals surface area contributed by atoms with Crippen molar-refractivity contribution < 1.29 is 4.79 Å². The van der Waals surface area contributed by atoms with Gasteiger partial charge in [-0.25, -0.2) is 0 Å². The van der Waals surface area contributed by atoms with Gasteiger partial charge in [0.05, 0.1) is 6.42 Å². The highest BCUT2D eigenvalue weighted by Gasteiger charge is 2.24. The number of pyridine rings is 1. The van der Waals surface area contributed by atoms with Gasteiger partial charge in [0.2, 0.25) is 5.91 Å². The highest BCUT2D eigenvalue weighted by Crippen LogP contribution is 2.21. The van der Waals surface area contributed by atoms with Crippen molar-refractivity contribution in [3.05, 3.63) is 52.0 Å². The molecule has 1 fully saturated rings. The van der Waals surface area contributed by atoms with Crippen molar-refractivity contribution in [3.8, 4) is 0 Å². The predicted octanol–water partition coefficient (Wildman–Crippen LogP) is 3.48. The highest BCUT2D eigenvalue weighted by molar-refractivity contribution is 7.07.